The van der Waals surface area contributed by atoms with E-state index in [4.69, 9.17) is 0 Å². The third-order valence-corrected chi connectivity index (χ3v) is 3.15. The highest BCUT2D eigenvalue weighted by Gasteiger charge is 1.99. The van der Waals surface area contributed by atoms with Crippen molar-refractivity contribution >= 4 is 34.5 Å². The molecule has 2 aromatic rings. The van der Waals surface area contributed by atoms with Gasteiger partial charge in [0.1, 0.15) is 0 Å². The minimum absolute atomic E-state index is 0.0848. The third kappa shape index (κ3) is 4.07. The van der Waals surface area contributed by atoms with Crippen molar-refractivity contribution in [3.05, 3.63) is 69.6 Å². The number of hydrogen-bond acceptors (Lipinski definition) is 2. The molecule has 0 amide bonds. The topological polar surface area (TPSA) is 30.0 Å². The molecule has 0 saturated carbocycles. The molecule has 0 N–H and O–H groups in total. The zero-order valence-corrected chi connectivity index (χ0v) is 11.9. The van der Waals surface area contributed by atoms with E-state index in [2.05, 4.69) is 27.6 Å². The van der Waals surface area contributed by atoms with Crippen molar-refractivity contribution in [2.24, 2.45) is 0 Å². The van der Waals surface area contributed by atoms with E-state index in [9.17, 15) is 4.79 Å². The van der Waals surface area contributed by atoms with Gasteiger partial charge in [0.15, 0.2) is 5.78 Å². The van der Waals surface area contributed by atoms with Crippen LogP contribution in [0.3, 0.4) is 0 Å². The number of halogens is 1. The fourth-order valence-corrected chi connectivity index (χ4v) is 1.89. The largest absolute Gasteiger partial charge is 0.294 e. The lowest BCUT2D eigenvalue weighted by Crippen LogP contribution is -1.98. The number of hydrogen-bond donors (Lipinski definition) is 0. The Hall–Kier alpha value is -1.49. The third-order valence-electron chi connectivity index (χ3n) is 2.43. The summed E-state index contributed by atoms with van der Waals surface area (Å²) in [5.41, 5.74) is 1.98. The number of allylic oxidation sites excluding steroid dienone is 1. The van der Waals surface area contributed by atoms with Gasteiger partial charge < -0.3 is 0 Å². The SMILES string of the molecule is O=C(C=Cc1ccc(I)cc1)Cc1cccnc1. The normalized spacial score (nSPS) is 10.7. The van der Waals surface area contributed by atoms with Crippen molar-refractivity contribution in [2.45, 2.75) is 6.42 Å². The summed E-state index contributed by atoms with van der Waals surface area (Å²) in [6.07, 6.45) is 7.28. The van der Waals surface area contributed by atoms with Crippen LogP contribution in [0, 0.1) is 3.57 Å². The van der Waals surface area contributed by atoms with Crippen LogP contribution in [0.5, 0.6) is 0 Å². The van der Waals surface area contributed by atoms with E-state index in [0.29, 0.717) is 6.42 Å². The van der Waals surface area contributed by atoms with Crippen LogP contribution in [0.2, 0.25) is 0 Å². The van der Waals surface area contributed by atoms with Crippen LogP contribution in [-0.2, 0) is 11.2 Å². The van der Waals surface area contributed by atoms with E-state index >= 15 is 0 Å². The molecule has 0 atom stereocenters. The summed E-state index contributed by atoms with van der Waals surface area (Å²) in [5.74, 6) is 0.0848. The molecule has 0 bridgehead atoms. The lowest BCUT2D eigenvalue weighted by molar-refractivity contribution is -0.113. The van der Waals surface area contributed by atoms with Crippen LogP contribution in [0.1, 0.15) is 11.1 Å². The average molecular weight is 349 g/mol. The molecular weight excluding hydrogens is 337 g/mol. The predicted octanol–water partition coefficient (Wildman–Crippen LogP) is 3.51. The Labute approximate surface area is 120 Å². The molecule has 0 spiro atoms. The maximum Gasteiger partial charge on any atom is 0.160 e. The van der Waals surface area contributed by atoms with Crippen molar-refractivity contribution in [1.82, 2.24) is 4.98 Å². The molecule has 2 nitrogen and oxygen atoms in total. The molecule has 1 aromatic carbocycles. The predicted molar refractivity (Wildman–Crippen MR) is 81.1 cm³/mol. The standard InChI is InChI=1S/C15H12INO/c16-14-6-3-12(4-7-14)5-8-15(18)10-13-2-1-9-17-11-13/h1-9,11H,10H2. The number of carbonyl (C=O) groups excluding carboxylic acids is 1. The Bertz CT molecular complexity index is 546. The van der Waals surface area contributed by atoms with Gasteiger partial charge in [-0.2, -0.15) is 0 Å². The Balaban J connectivity index is 1.97. The van der Waals surface area contributed by atoms with Gasteiger partial charge in [-0.05, 0) is 58.0 Å². The molecule has 1 heterocycles. The Kier molecular flexibility index (Phi) is 4.64. The van der Waals surface area contributed by atoms with Crippen LogP contribution in [0.15, 0.2) is 54.9 Å². The fourth-order valence-electron chi connectivity index (χ4n) is 1.53. The summed E-state index contributed by atoms with van der Waals surface area (Å²) in [6, 6.07) is 11.8. The first-order valence-electron chi connectivity index (χ1n) is 5.59. The highest BCUT2D eigenvalue weighted by atomic mass is 127. The van der Waals surface area contributed by atoms with Gasteiger partial charge in [0.05, 0.1) is 0 Å². The van der Waals surface area contributed by atoms with Crippen LogP contribution >= 0.6 is 22.6 Å². The van der Waals surface area contributed by atoms with Crippen molar-refractivity contribution in [1.29, 1.82) is 0 Å². The zero-order valence-electron chi connectivity index (χ0n) is 9.71. The first-order chi connectivity index (χ1) is 8.74. The first-order valence-corrected chi connectivity index (χ1v) is 6.67. The quantitative estimate of drug-likeness (QED) is 0.625. The van der Waals surface area contributed by atoms with Crippen LogP contribution in [0.4, 0.5) is 0 Å². The van der Waals surface area contributed by atoms with Gasteiger partial charge in [0.25, 0.3) is 0 Å². The molecule has 0 aliphatic rings. The zero-order chi connectivity index (χ0) is 12.8. The Morgan fingerprint density at radius 2 is 2.00 bits per heavy atom. The monoisotopic (exact) mass is 349 g/mol. The maximum absolute atomic E-state index is 11.7. The summed E-state index contributed by atoms with van der Waals surface area (Å²) in [4.78, 5) is 15.7. The Morgan fingerprint density at radius 3 is 2.67 bits per heavy atom. The summed E-state index contributed by atoms with van der Waals surface area (Å²) < 4.78 is 1.19. The van der Waals surface area contributed by atoms with Gasteiger partial charge in [0, 0.05) is 22.4 Å². The summed E-state index contributed by atoms with van der Waals surface area (Å²) >= 11 is 2.26. The molecule has 0 aliphatic carbocycles. The maximum atomic E-state index is 11.7. The second kappa shape index (κ2) is 6.44. The second-order valence-electron chi connectivity index (χ2n) is 3.89. The van der Waals surface area contributed by atoms with E-state index in [0.717, 1.165) is 11.1 Å². The molecular formula is C15H12INO. The molecule has 0 unspecified atom stereocenters. The molecule has 2 rings (SSSR count). The lowest BCUT2D eigenvalue weighted by Gasteiger charge is -1.96. The van der Waals surface area contributed by atoms with E-state index in [1.807, 2.05) is 42.5 Å². The van der Waals surface area contributed by atoms with Crippen molar-refractivity contribution in [3.63, 3.8) is 0 Å². The van der Waals surface area contributed by atoms with E-state index in [1.165, 1.54) is 3.57 Å². The smallest absolute Gasteiger partial charge is 0.160 e. The van der Waals surface area contributed by atoms with Gasteiger partial charge in [-0.25, -0.2) is 0 Å². The molecule has 0 saturated heterocycles. The fraction of sp³-hybridized carbons (Fsp3) is 0.0667. The molecule has 0 fully saturated rings. The van der Waals surface area contributed by atoms with Crippen LogP contribution in [-0.4, -0.2) is 10.8 Å². The minimum atomic E-state index is 0.0848. The van der Waals surface area contributed by atoms with Gasteiger partial charge in [-0.3, -0.25) is 9.78 Å². The van der Waals surface area contributed by atoms with Gasteiger partial charge in [0.2, 0.25) is 0 Å². The number of carbonyl (C=O) groups is 1. The van der Waals surface area contributed by atoms with Crippen LogP contribution in [0.25, 0.3) is 6.08 Å². The summed E-state index contributed by atoms with van der Waals surface area (Å²) in [7, 11) is 0. The Morgan fingerprint density at radius 1 is 1.22 bits per heavy atom. The van der Waals surface area contributed by atoms with E-state index in [1.54, 1.807) is 18.5 Å². The van der Waals surface area contributed by atoms with Gasteiger partial charge in [-0.1, -0.05) is 24.3 Å². The molecule has 0 radical (unpaired) electrons. The number of ketones is 1. The van der Waals surface area contributed by atoms with E-state index < -0.39 is 0 Å². The number of rotatable bonds is 4. The highest BCUT2D eigenvalue weighted by molar-refractivity contribution is 14.1. The average Bonchev–Trinajstić information content (AvgIpc) is 2.39. The summed E-state index contributed by atoms with van der Waals surface area (Å²) in [5, 5.41) is 0. The summed E-state index contributed by atoms with van der Waals surface area (Å²) in [6.45, 7) is 0. The molecule has 1 aromatic heterocycles. The highest BCUT2D eigenvalue weighted by Crippen LogP contribution is 2.08. The van der Waals surface area contributed by atoms with Crippen molar-refractivity contribution in [2.75, 3.05) is 0 Å². The van der Waals surface area contributed by atoms with Gasteiger partial charge >= 0.3 is 0 Å². The molecule has 18 heavy (non-hydrogen) atoms. The van der Waals surface area contributed by atoms with Crippen LogP contribution < -0.4 is 0 Å². The lowest BCUT2D eigenvalue weighted by atomic mass is 10.1. The number of pyridine rings is 1. The number of nitrogens with zero attached hydrogens (tertiary/aromatic N) is 1. The molecule has 3 heteroatoms. The molecule has 0 aliphatic heterocycles. The second-order valence-corrected chi connectivity index (χ2v) is 5.13. The van der Waals surface area contributed by atoms with E-state index in [-0.39, 0.29) is 5.78 Å². The molecule has 90 valence electrons. The van der Waals surface area contributed by atoms with Gasteiger partial charge in [-0.15, -0.1) is 0 Å². The first kappa shape index (κ1) is 13.0. The van der Waals surface area contributed by atoms with Crippen molar-refractivity contribution < 1.29 is 4.79 Å². The van der Waals surface area contributed by atoms with Crippen molar-refractivity contribution in [3.8, 4) is 0 Å². The number of aromatic nitrogens is 1. The minimum Gasteiger partial charge on any atom is -0.294 e. The number of benzene rings is 1.